The molecular weight excluding hydrogens is 264 g/mol. The lowest BCUT2D eigenvalue weighted by Gasteiger charge is -2.23. The third-order valence-electron chi connectivity index (χ3n) is 2.16. The highest BCUT2D eigenvalue weighted by Crippen LogP contribution is 2.15. The van der Waals surface area contributed by atoms with E-state index in [1.807, 2.05) is 0 Å². The molecule has 1 aliphatic rings. The van der Waals surface area contributed by atoms with Crippen molar-refractivity contribution in [3.63, 3.8) is 0 Å². The van der Waals surface area contributed by atoms with Gasteiger partial charge in [-0.25, -0.2) is 4.79 Å². The number of carbonyl (C=O) groups is 2. The van der Waals surface area contributed by atoms with Crippen molar-refractivity contribution >= 4 is 29.9 Å². The molecule has 0 spiro atoms. The van der Waals surface area contributed by atoms with Crippen molar-refractivity contribution in [2.24, 2.45) is 4.99 Å². The predicted molar refractivity (Wildman–Crippen MR) is 75.0 cm³/mol. The quantitative estimate of drug-likeness (QED) is 0.793. The van der Waals surface area contributed by atoms with Gasteiger partial charge in [0.25, 0.3) is 0 Å². The topological polar surface area (TPSA) is 67.8 Å². The molecule has 0 aromatic heterocycles. The first-order valence-electron chi connectivity index (χ1n) is 6.10. The van der Waals surface area contributed by atoms with Crippen LogP contribution in [0.2, 0.25) is 0 Å². The Morgan fingerprint density at radius 2 is 2.16 bits per heavy atom. The lowest BCUT2D eigenvalue weighted by molar-refractivity contribution is -0.158. The molecule has 0 bridgehead atoms. The van der Waals surface area contributed by atoms with Crippen molar-refractivity contribution in [1.29, 1.82) is 0 Å². The fourth-order valence-electron chi connectivity index (χ4n) is 1.31. The summed E-state index contributed by atoms with van der Waals surface area (Å²) in [6.07, 6.45) is 3.24. The summed E-state index contributed by atoms with van der Waals surface area (Å²) in [6, 6.07) is -1.21. The minimum Gasteiger partial charge on any atom is -0.458 e. The van der Waals surface area contributed by atoms with Crippen molar-refractivity contribution in [2.75, 3.05) is 5.75 Å². The van der Waals surface area contributed by atoms with Gasteiger partial charge in [-0.1, -0.05) is 0 Å². The molecule has 1 N–H and O–H groups in total. The molecule has 2 unspecified atom stereocenters. The average molecular weight is 283 g/mol. The van der Waals surface area contributed by atoms with Crippen LogP contribution in [0.25, 0.3) is 0 Å². The Hall–Kier alpha value is -1.04. The van der Waals surface area contributed by atoms with Gasteiger partial charge in [-0.15, -0.1) is 11.8 Å². The van der Waals surface area contributed by atoms with Crippen molar-refractivity contribution in [3.05, 3.63) is 5.75 Å². The minimum absolute atomic E-state index is 0.290. The van der Waals surface area contributed by atoms with E-state index in [0.29, 0.717) is 12.2 Å². The molecule has 1 heterocycles. The number of hydrogen-bond donors (Lipinski definition) is 1. The van der Waals surface area contributed by atoms with Gasteiger partial charge in [0, 0.05) is 12.2 Å². The van der Waals surface area contributed by atoms with Crippen LogP contribution in [0.5, 0.6) is 0 Å². The van der Waals surface area contributed by atoms with Gasteiger partial charge >= 0.3 is 5.97 Å². The second kappa shape index (κ2) is 6.93. The monoisotopic (exact) mass is 283 g/mol. The van der Waals surface area contributed by atoms with Crippen molar-refractivity contribution in [3.8, 4) is 0 Å². The van der Waals surface area contributed by atoms with Gasteiger partial charge in [0.2, 0.25) is 5.91 Å². The van der Waals surface area contributed by atoms with Crippen LogP contribution in [-0.2, 0) is 14.3 Å². The van der Waals surface area contributed by atoms with Crippen LogP contribution in [0.1, 0.15) is 34.1 Å². The first-order chi connectivity index (χ1) is 8.79. The summed E-state index contributed by atoms with van der Waals surface area (Å²) in [4.78, 5) is 27.7. The Labute approximate surface area is 118 Å². The number of esters is 1. The molecule has 0 aromatic rings. The van der Waals surface area contributed by atoms with E-state index in [2.05, 4.69) is 22.3 Å². The molecule has 3 radical (unpaired) electrons. The molecule has 0 aromatic carbocycles. The summed E-state index contributed by atoms with van der Waals surface area (Å²) < 4.78 is 5.19. The lowest BCUT2D eigenvalue weighted by atomic mass is 10.2. The van der Waals surface area contributed by atoms with E-state index in [9.17, 15) is 9.59 Å². The molecule has 0 saturated heterocycles. The molecule has 0 saturated carbocycles. The third-order valence-corrected chi connectivity index (χ3v) is 2.99. The van der Waals surface area contributed by atoms with Gasteiger partial charge in [-0.05, 0) is 27.7 Å². The van der Waals surface area contributed by atoms with E-state index in [1.54, 1.807) is 27.7 Å². The molecule has 5 nitrogen and oxygen atoms in total. The smallest absolute Gasteiger partial charge is 0.328 e. The van der Waals surface area contributed by atoms with E-state index in [4.69, 9.17) is 4.74 Å². The normalized spacial score (nSPS) is 21.4. The first kappa shape index (κ1) is 16.0. The maximum absolute atomic E-state index is 11.9. The largest absolute Gasteiger partial charge is 0.458 e. The number of amides is 1. The molecule has 0 aliphatic carbocycles. The fourth-order valence-corrected chi connectivity index (χ4v) is 1.98. The number of hydrogen-bond acceptors (Lipinski definition) is 5. The molecule has 1 amide bonds. The number of nitrogens with zero attached hydrogens (tertiary/aromatic N) is 1. The van der Waals surface area contributed by atoms with E-state index < -0.39 is 23.7 Å². The Kier molecular flexibility index (Phi) is 5.85. The van der Waals surface area contributed by atoms with Crippen LogP contribution >= 0.6 is 11.8 Å². The lowest BCUT2D eigenvalue weighted by Crippen LogP contribution is -2.46. The van der Waals surface area contributed by atoms with Gasteiger partial charge in [0.05, 0.1) is 12.0 Å². The van der Waals surface area contributed by atoms with E-state index >= 15 is 0 Å². The zero-order valence-electron chi connectivity index (χ0n) is 11.6. The zero-order chi connectivity index (χ0) is 14.5. The Bertz CT molecular complexity index is 363. The molecule has 19 heavy (non-hydrogen) atoms. The van der Waals surface area contributed by atoms with Gasteiger partial charge < -0.3 is 10.1 Å². The number of rotatable bonds is 3. The van der Waals surface area contributed by atoms with Crippen LogP contribution in [0.4, 0.5) is 0 Å². The Morgan fingerprint density at radius 1 is 1.47 bits per heavy atom. The summed E-state index contributed by atoms with van der Waals surface area (Å²) in [7, 11) is 0. The standard InChI is InChI=1S/C13H19N2O3S/c1-9(12(17)18-13(2,3)4)15-11(16)10-8-19-7-5-6-14-10/h9-10H,5,8H2,1-4H3,(H,15,16). The van der Waals surface area contributed by atoms with Gasteiger partial charge in [0.1, 0.15) is 17.7 Å². The number of ether oxygens (including phenoxy) is 1. The summed E-state index contributed by atoms with van der Waals surface area (Å²) >= 11 is 1.41. The summed E-state index contributed by atoms with van der Waals surface area (Å²) in [5, 5.41) is 2.61. The molecule has 2 atom stereocenters. The highest BCUT2D eigenvalue weighted by Gasteiger charge is 2.26. The zero-order valence-corrected chi connectivity index (χ0v) is 12.5. The first-order valence-corrected chi connectivity index (χ1v) is 7.09. The van der Waals surface area contributed by atoms with E-state index in [1.165, 1.54) is 11.8 Å². The highest BCUT2D eigenvalue weighted by molar-refractivity contribution is 8.01. The van der Waals surface area contributed by atoms with E-state index in [0.717, 1.165) is 0 Å². The van der Waals surface area contributed by atoms with Crippen LogP contribution < -0.4 is 5.32 Å². The molecule has 0 fully saturated rings. The molecule has 105 valence electrons. The number of thioether (sulfide) groups is 1. The van der Waals surface area contributed by atoms with E-state index in [-0.39, 0.29) is 5.91 Å². The SMILES string of the molecule is CC(NC(=O)C1CS[C]C[C]=N1)C(=O)OC(C)(C)C. The summed E-state index contributed by atoms with van der Waals surface area (Å²) in [6.45, 7) is 6.95. The second-order valence-electron chi connectivity index (χ2n) is 5.20. The van der Waals surface area contributed by atoms with Gasteiger partial charge in [-0.3, -0.25) is 9.79 Å². The van der Waals surface area contributed by atoms with Crippen molar-refractivity contribution < 1.29 is 14.3 Å². The molecule has 6 heteroatoms. The molecule has 1 rings (SSSR count). The number of nitrogens with one attached hydrogen (secondary N) is 1. The predicted octanol–water partition coefficient (Wildman–Crippen LogP) is 1.32. The Morgan fingerprint density at radius 3 is 2.79 bits per heavy atom. The number of carbonyl (C=O) groups excluding carboxylic acids is 2. The average Bonchev–Trinajstić information content (AvgIpc) is 2.54. The van der Waals surface area contributed by atoms with Crippen LogP contribution in [0, 0.1) is 5.75 Å². The third kappa shape index (κ3) is 6.09. The van der Waals surface area contributed by atoms with Gasteiger partial charge in [0.15, 0.2) is 0 Å². The van der Waals surface area contributed by atoms with Crippen LogP contribution in [-0.4, -0.2) is 41.5 Å². The second-order valence-corrected chi connectivity index (χ2v) is 6.11. The van der Waals surface area contributed by atoms with Gasteiger partial charge in [-0.2, -0.15) is 0 Å². The van der Waals surface area contributed by atoms with Crippen LogP contribution in [0.15, 0.2) is 4.99 Å². The minimum atomic E-state index is -0.692. The van der Waals surface area contributed by atoms with Crippen LogP contribution in [0.3, 0.4) is 0 Å². The maximum atomic E-state index is 11.9. The molecule has 1 aliphatic heterocycles. The molecular formula is C13H19N2O3S. The van der Waals surface area contributed by atoms with Crippen molar-refractivity contribution in [1.82, 2.24) is 5.32 Å². The number of aliphatic imine (C=N–C) groups is 1. The maximum Gasteiger partial charge on any atom is 0.328 e. The summed E-state index contributed by atoms with van der Waals surface area (Å²) in [5.41, 5.74) is -0.565. The highest BCUT2D eigenvalue weighted by atomic mass is 32.2. The van der Waals surface area contributed by atoms with Crippen molar-refractivity contribution in [2.45, 2.75) is 51.8 Å². The fraction of sp³-hybridized carbons (Fsp3) is 0.692. The summed E-state index contributed by atoms with van der Waals surface area (Å²) in [5.74, 6) is 2.75. The Balaban J connectivity index is 2.49.